The van der Waals surface area contributed by atoms with E-state index in [0.29, 0.717) is 54.4 Å². The van der Waals surface area contributed by atoms with Crippen LogP contribution >= 0.6 is 11.6 Å². The van der Waals surface area contributed by atoms with Crippen LogP contribution in [-0.4, -0.2) is 123 Å². The van der Waals surface area contributed by atoms with Crippen molar-refractivity contribution in [3.8, 4) is 5.75 Å². The summed E-state index contributed by atoms with van der Waals surface area (Å²) in [4.78, 5) is 27.4. The SMILES string of the molecule is O=C(Cc1ccc(OCCCC2CCN(c3ncc(Cl)cn3)CC2)cc1F)N1C[C@H]2CN(C[C@H](O)[C@H](O)[C@H](O)CO)[C@H]2C1. The maximum Gasteiger partial charge on any atom is 0.227 e. The number of likely N-dealkylation sites (tertiary alicyclic amines) is 2. The van der Waals surface area contributed by atoms with Gasteiger partial charge in [-0.3, -0.25) is 9.69 Å². The summed E-state index contributed by atoms with van der Waals surface area (Å²) in [5, 5.41) is 39.1. The number of β-amino-alcohol motifs (C(OH)–C–C–N with tert-alkyl or cyclic N) is 1. The second kappa shape index (κ2) is 14.4. The third-order valence-electron chi connectivity index (χ3n) is 8.99. The molecule has 1 aromatic carbocycles. The Labute approximate surface area is 255 Å². The summed E-state index contributed by atoms with van der Waals surface area (Å²) in [5.74, 6) is 1.38. The molecule has 0 saturated carbocycles. The standard InChI is InChI=1S/C30H41ClFN5O6/c31-22-12-33-30(34-13-22)35-7-5-19(6-8-35)2-1-9-43-23-4-3-20(24(32)11-23)10-28(41)37-15-21-14-36(25(21)16-37)17-26(39)29(42)27(40)18-38/h3-4,11-13,19,21,25-27,29,38-40,42H,1-2,5-10,14-18H2/t21-,25+,26+,27-,29+/m1/s1. The molecule has 5 rings (SSSR count). The second-order valence-corrected chi connectivity index (χ2v) is 12.4. The number of hydrogen-bond donors (Lipinski definition) is 4. The van der Waals surface area contributed by atoms with Crippen molar-refractivity contribution >= 4 is 23.5 Å². The number of piperidine rings is 1. The summed E-state index contributed by atoms with van der Waals surface area (Å²) in [6, 6.07) is 4.70. The minimum Gasteiger partial charge on any atom is -0.493 e. The number of fused-ring (bicyclic) bond motifs is 1. The lowest BCUT2D eigenvalue weighted by Crippen LogP contribution is -2.59. The highest BCUT2D eigenvalue weighted by molar-refractivity contribution is 6.30. The Hall–Kier alpha value is -2.61. The van der Waals surface area contributed by atoms with Crippen molar-refractivity contribution in [2.24, 2.45) is 11.8 Å². The van der Waals surface area contributed by atoms with Gasteiger partial charge in [-0.15, -0.1) is 0 Å². The molecule has 0 radical (unpaired) electrons. The number of carbonyl (C=O) groups is 1. The van der Waals surface area contributed by atoms with Gasteiger partial charge in [0.15, 0.2) is 0 Å². The van der Waals surface area contributed by atoms with E-state index in [0.717, 1.165) is 38.8 Å². The minimum atomic E-state index is -1.45. The lowest BCUT2D eigenvalue weighted by atomic mass is 9.91. The van der Waals surface area contributed by atoms with Crippen molar-refractivity contribution in [3.05, 3.63) is 47.0 Å². The molecule has 13 heteroatoms. The number of aromatic nitrogens is 2. The fraction of sp³-hybridized carbons (Fsp3) is 0.633. The molecule has 0 spiro atoms. The largest absolute Gasteiger partial charge is 0.493 e. The molecule has 11 nitrogen and oxygen atoms in total. The van der Waals surface area contributed by atoms with Gasteiger partial charge in [0.1, 0.15) is 23.8 Å². The normalized spacial score (nSPS) is 23.0. The Morgan fingerprint density at radius 2 is 1.84 bits per heavy atom. The summed E-state index contributed by atoms with van der Waals surface area (Å²) < 4.78 is 20.7. The number of hydrogen-bond acceptors (Lipinski definition) is 10. The van der Waals surface area contributed by atoms with Gasteiger partial charge in [0.2, 0.25) is 11.9 Å². The Bertz CT molecular complexity index is 1220. The number of carbonyl (C=O) groups excluding carboxylic acids is 1. The van der Waals surface area contributed by atoms with Crippen molar-refractivity contribution in [1.29, 1.82) is 0 Å². The van der Waals surface area contributed by atoms with E-state index in [1.807, 2.05) is 4.90 Å². The highest BCUT2D eigenvalue weighted by Crippen LogP contribution is 2.33. The monoisotopic (exact) mass is 621 g/mol. The van der Waals surface area contributed by atoms with Crippen LogP contribution in [0.25, 0.3) is 0 Å². The van der Waals surface area contributed by atoms with Crippen LogP contribution in [0.15, 0.2) is 30.6 Å². The average Bonchev–Trinajstić information content (AvgIpc) is 3.35. The van der Waals surface area contributed by atoms with Gasteiger partial charge in [0.05, 0.1) is 43.2 Å². The van der Waals surface area contributed by atoms with Gasteiger partial charge in [-0.2, -0.15) is 0 Å². The number of nitrogens with zero attached hydrogens (tertiary/aromatic N) is 5. The molecule has 4 N–H and O–H groups in total. The molecule has 0 bridgehead atoms. The van der Waals surface area contributed by atoms with E-state index in [-0.39, 0.29) is 30.8 Å². The van der Waals surface area contributed by atoms with Gasteiger partial charge in [-0.05, 0) is 43.2 Å². The number of rotatable bonds is 13. The molecule has 2 aromatic rings. The average molecular weight is 622 g/mol. The fourth-order valence-corrected chi connectivity index (χ4v) is 6.46. The highest BCUT2D eigenvalue weighted by atomic mass is 35.5. The Morgan fingerprint density at radius 1 is 1.09 bits per heavy atom. The van der Waals surface area contributed by atoms with Crippen LogP contribution in [0.4, 0.5) is 10.3 Å². The molecule has 1 aromatic heterocycles. The fourth-order valence-electron chi connectivity index (χ4n) is 6.36. The van der Waals surface area contributed by atoms with E-state index in [1.54, 1.807) is 29.4 Å². The summed E-state index contributed by atoms with van der Waals surface area (Å²) in [7, 11) is 0. The van der Waals surface area contributed by atoms with Crippen LogP contribution in [0.3, 0.4) is 0 Å². The Balaban J connectivity index is 0.999. The number of aliphatic hydroxyl groups is 4. The molecule has 43 heavy (non-hydrogen) atoms. The third-order valence-corrected chi connectivity index (χ3v) is 9.19. The predicted octanol–water partition coefficient (Wildman–Crippen LogP) is 1.10. The van der Waals surface area contributed by atoms with Crippen LogP contribution in [0.2, 0.25) is 5.02 Å². The van der Waals surface area contributed by atoms with Crippen LogP contribution in [0.1, 0.15) is 31.2 Å². The summed E-state index contributed by atoms with van der Waals surface area (Å²) in [6.07, 6.45) is 3.13. The molecule has 3 saturated heterocycles. The molecule has 0 unspecified atom stereocenters. The van der Waals surface area contributed by atoms with Crippen LogP contribution in [0, 0.1) is 17.7 Å². The van der Waals surface area contributed by atoms with Gasteiger partial charge >= 0.3 is 0 Å². The zero-order valence-corrected chi connectivity index (χ0v) is 24.9. The van der Waals surface area contributed by atoms with Crippen LogP contribution < -0.4 is 9.64 Å². The van der Waals surface area contributed by atoms with E-state index in [9.17, 15) is 24.5 Å². The molecule has 1 amide bonds. The highest BCUT2D eigenvalue weighted by Gasteiger charge is 2.47. The maximum atomic E-state index is 14.9. The van der Waals surface area contributed by atoms with Crippen molar-refractivity contribution in [2.45, 2.75) is 56.5 Å². The van der Waals surface area contributed by atoms with Gasteiger partial charge in [-0.1, -0.05) is 17.7 Å². The van der Waals surface area contributed by atoms with Crippen molar-refractivity contribution in [3.63, 3.8) is 0 Å². The van der Waals surface area contributed by atoms with E-state index >= 15 is 0 Å². The molecule has 3 fully saturated rings. The number of ether oxygens (including phenoxy) is 1. The van der Waals surface area contributed by atoms with Crippen molar-refractivity contribution in [2.75, 3.05) is 57.4 Å². The molecular weight excluding hydrogens is 581 g/mol. The van der Waals surface area contributed by atoms with Gasteiger partial charge in [0.25, 0.3) is 0 Å². The smallest absolute Gasteiger partial charge is 0.227 e. The topological polar surface area (TPSA) is 143 Å². The number of amides is 1. The minimum absolute atomic E-state index is 0.0442. The third kappa shape index (κ3) is 7.92. The first kappa shape index (κ1) is 31.8. The van der Waals surface area contributed by atoms with Gasteiger partial charge in [0, 0.05) is 57.3 Å². The first-order valence-corrected chi connectivity index (χ1v) is 15.4. The number of halogens is 2. The molecule has 0 aliphatic carbocycles. The Kier molecular flexibility index (Phi) is 10.7. The van der Waals surface area contributed by atoms with Gasteiger partial charge in [-0.25, -0.2) is 14.4 Å². The molecule has 236 valence electrons. The summed E-state index contributed by atoms with van der Waals surface area (Å²) >= 11 is 5.88. The van der Waals surface area contributed by atoms with Crippen LogP contribution in [0.5, 0.6) is 5.75 Å². The van der Waals surface area contributed by atoms with E-state index in [4.69, 9.17) is 21.4 Å². The Morgan fingerprint density at radius 3 is 2.53 bits per heavy atom. The number of benzene rings is 1. The zero-order valence-electron chi connectivity index (χ0n) is 24.1. The predicted molar refractivity (Wildman–Crippen MR) is 157 cm³/mol. The van der Waals surface area contributed by atoms with E-state index in [2.05, 4.69) is 14.9 Å². The van der Waals surface area contributed by atoms with Gasteiger partial charge < -0.3 is 35.0 Å². The van der Waals surface area contributed by atoms with Crippen LogP contribution in [-0.2, 0) is 11.2 Å². The molecule has 3 aliphatic rings. The molecule has 5 atom stereocenters. The number of aliphatic hydroxyl groups excluding tert-OH is 4. The zero-order chi connectivity index (χ0) is 30.5. The van der Waals surface area contributed by atoms with Crippen molar-refractivity contribution in [1.82, 2.24) is 19.8 Å². The summed E-state index contributed by atoms with van der Waals surface area (Å²) in [5.41, 5.74) is 0.321. The van der Waals surface area contributed by atoms with E-state index < -0.39 is 30.7 Å². The number of anilines is 1. The first-order chi connectivity index (χ1) is 20.7. The molecule has 3 aliphatic heterocycles. The van der Waals surface area contributed by atoms with E-state index in [1.165, 1.54) is 6.07 Å². The quantitative estimate of drug-likeness (QED) is 0.240. The molecular formula is C30H41ClFN5O6. The molecule has 4 heterocycles. The van der Waals surface area contributed by atoms with Crippen molar-refractivity contribution < 1.29 is 34.3 Å². The maximum absolute atomic E-state index is 14.9. The first-order valence-electron chi connectivity index (χ1n) is 15.0. The lowest BCUT2D eigenvalue weighted by molar-refractivity contribution is -0.129. The summed E-state index contributed by atoms with van der Waals surface area (Å²) in [6.45, 7) is 3.48. The lowest BCUT2D eigenvalue weighted by Gasteiger charge is -2.44. The second-order valence-electron chi connectivity index (χ2n) is 11.9.